The molecule has 1 spiro atoms. The van der Waals surface area contributed by atoms with E-state index < -0.39 is 5.91 Å². The lowest BCUT2D eigenvalue weighted by atomic mass is 9.74. The summed E-state index contributed by atoms with van der Waals surface area (Å²) in [6.45, 7) is 3.22. The number of hydrogen-bond donors (Lipinski definition) is 3. The molecule has 2 aliphatic rings. The maximum absolute atomic E-state index is 11.7. The fourth-order valence-corrected chi connectivity index (χ4v) is 5.43. The number of piperidine rings is 1. The molecule has 1 aliphatic heterocycles. The second kappa shape index (κ2) is 9.51. The molecule has 1 saturated carbocycles. The number of aliphatic hydroxyl groups excluding tert-OH is 1. The fraction of sp³-hybridized carbons (Fsp3) is 0.522. The molecule has 0 unspecified atom stereocenters. The maximum atomic E-state index is 11.7. The van der Waals surface area contributed by atoms with Crippen molar-refractivity contribution < 1.29 is 9.90 Å². The van der Waals surface area contributed by atoms with Crippen LogP contribution in [0.15, 0.2) is 12.1 Å². The first-order valence-corrected chi connectivity index (χ1v) is 11.3. The van der Waals surface area contributed by atoms with Crippen molar-refractivity contribution in [1.29, 1.82) is 0 Å². The predicted molar refractivity (Wildman–Crippen MR) is 129 cm³/mol. The van der Waals surface area contributed by atoms with E-state index in [4.69, 9.17) is 39.7 Å². The molecule has 0 radical (unpaired) electrons. The summed E-state index contributed by atoms with van der Waals surface area (Å²) in [5.74, 6) is 0.0650. The van der Waals surface area contributed by atoms with E-state index >= 15 is 0 Å². The van der Waals surface area contributed by atoms with Gasteiger partial charge in [-0.25, -0.2) is 9.97 Å². The van der Waals surface area contributed by atoms with Gasteiger partial charge in [0.2, 0.25) is 5.91 Å². The molecule has 1 aromatic heterocycles. The number of aryl methyl sites for hydroxylation is 1. The third-order valence-electron chi connectivity index (χ3n) is 6.87. The van der Waals surface area contributed by atoms with Crippen LogP contribution in [0.2, 0.25) is 10.0 Å². The van der Waals surface area contributed by atoms with Crippen LogP contribution >= 0.6 is 23.2 Å². The van der Waals surface area contributed by atoms with Gasteiger partial charge in [-0.3, -0.25) is 4.79 Å². The summed E-state index contributed by atoms with van der Waals surface area (Å²) >= 11 is 12.6. The zero-order valence-electron chi connectivity index (χ0n) is 17.5. The zero-order chi connectivity index (χ0) is 22.3. The highest BCUT2D eigenvalue weighted by Crippen LogP contribution is 2.46. The van der Waals surface area contributed by atoms with Crippen molar-refractivity contribution >= 4 is 34.9 Å². The van der Waals surface area contributed by atoms with Gasteiger partial charge in [0.25, 0.3) is 0 Å². The Morgan fingerprint density at radius 1 is 1.25 bits per heavy atom. The number of rotatable bonds is 4. The Morgan fingerprint density at radius 2 is 1.94 bits per heavy atom. The summed E-state index contributed by atoms with van der Waals surface area (Å²) in [5.41, 5.74) is 14.3. The van der Waals surface area contributed by atoms with Crippen LogP contribution in [0, 0.1) is 12.3 Å². The molecule has 5 N–H and O–H groups in total. The Morgan fingerprint density at radius 3 is 2.50 bits per heavy atom. The molecule has 1 aliphatic carbocycles. The number of carbonyl (C=O) groups excluding carboxylic acids is 1. The van der Waals surface area contributed by atoms with Gasteiger partial charge < -0.3 is 21.5 Å². The van der Waals surface area contributed by atoms with Gasteiger partial charge in [-0.05, 0) is 50.2 Å². The number of nitrogens with zero attached hydrogens (tertiary/aromatic N) is 3. The van der Waals surface area contributed by atoms with E-state index in [9.17, 15) is 9.90 Å². The van der Waals surface area contributed by atoms with Crippen molar-refractivity contribution in [1.82, 2.24) is 9.97 Å². The Kier molecular flexibility index (Phi) is 7.34. The molecule has 1 saturated heterocycles. The van der Waals surface area contributed by atoms with Gasteiger partial charge in [0.1, 0.15) is 5.69 Å². The molecule has 9 heteroatoms. The van der Waals surface area contributed by atoms with E-state index in [1.165, 1.54) is 18.9 Å². The third-order valence-corrected chi connectivity index (χ3v) is 7.68. The van der Waals surface area contributed by atoms with E-state index in [0.29, 0.717) is 28.5 Å². The number of benzene rings is 1. The van der Waals surface area contributed by atoms with Crippen LogP contribution in [0.4, 0.5) is 5.82 Å². The van der Waals surface area contributed by atoms with Crippen LogP contribution in [0.5, 0.6) is 0 Å². The largest absolute Gasteiger partial charge is 0.390 e. The van der Waals surface area contributed by atoms with E-state index in [2.05, 4.69) is 9.88 Å². The first-order chi connectivity index (χ1) is 14.8. The number of hydrogen-bond acceptors (Lipinski definition) is 6. The van der Waals surface area contributed by atoms with Crippen LogP contribution in [0.1, 0.15) is 61.3 Å². The molecule has 2 heterocycles. The molecule has 32 heavy (non-hydrogen) atoms. The summed E-state index contributed by atoms with van der Waals surface area (Å²) in [4.78, 5) is 23.3. The second-order valence-electron chi connectivity index (χ2n) is 8.62. The van der Waals surface area contributed by atoms with Crippen molar-refractivity contribution in [2.24, 2.45) is 16.9 Å². The number of primary amides is 1. The van der Waals surface area contributed by atoms with Crippen molar-refractivity contribution in [3.05, 3.63) is 39.1 Å². The summed E-state index contributed by atoms with van der Waals surface area (Å²) < 4.78 is 0. The smallest absolute Gasteiger partial charge is 0.248 e. The first kappa shape index (κ1) is 24.7. The van der Waals surface area contributed by atoms with Gasteiger partial charge in [-0.15, -0.1) is 0 Å². The predicted octanol–water partition coefficient (Wildman–Crippen LogP) is 4.08. The summed E-state index contributed by atoms with van der Waals surface area (Å²) in [6, 6.07) is 3.25. The van der Waals surface area contributed by atoms with Gasteiger partial charge >= 0.3 is 0 Å². The lowest BCUT2D eigenvalue weighted by molar-refractivity contribution is 0.100. The molecule has 7 nitrogen and oxygen atoms in total. The van der Waals surface area contributed by atoms with Crippen molar-refractivity contribution in [2.75, 3.05) is 18.0 Å². The fourth-order valence-electron chi connectivity index (χ4n) is 5.01. The van der Waals surface area contributed by atoms with Gasteiger partial charge in [0.15, 0.2) is 5.82 Å². The highest BCUT2D eigenvalue weighted by molar-refractivity contribution is 6.44. The Hall–Kier alpha value is -1.93. The lowest BCUT2D eigenvalue weighted by Gasteiger charge is -2.42. The van der Waals surface area contributed by atoms with Crippen LogP contribution in [-0.4, -0.2) is 40.1 Å². The number of aromatic nitrogens is 2. The van der Waals surface area contributed by atoms with E-state index in [-0.39, 0.29) is 41.1 Å². The first-order valence-electron chi connectivity index (χ1n) is 10.5. The van der Waals surface area contributed by atoms with Gasteiger partial charge in [0, 0.05) is 30.3 Å². The summed E-state index contributed by atoms with van der Waals surface area (Å²) in [6.07, 6.45) is 5.52. The van der Waals surface area contributed by atoms with Crippen LogP contribution in [0.25, 0.3) is 11.3 Å². The third kappa shape index (κ3) is 4.31. The lowest BCUT2D eigenvalue weighted by Crippen LogP contribution is -2.47. The minimum atomic E-state index is -0.614. The molecule has 1 amide bonds. The van der Waals surface area contributed by atoms with E-state index in [1.54, 1.807) is 6.07 Å². The molecule has 1 atom stereocenters. The SMILES string of the molecule is C.Cc1nc(N2CCC3(CCC[C@H]3N)CC2)c(CO)nc1-c1cc(C(N)=O)cc(Cl)c1Cl. The van der Waals surface area contributed by atoms with Crippen molar-refractivity contribution in [3.8, 4) is 11.3 Å². The quantitative estimate of drug-likeness (QED) is 0.607. The molecule has 174 valence electrons. The average molecular weight is 480 g/mol. The number of halogens is 2. The Balaban J connectivity index is 0.00000289. The number of aliphatic hydroxyl groups is 1. The van der Waals surface area contributed by atoms with Crippen molar-refractivity contribution in [2.45, 2.75) is 59.1 Å². The van der Waals surface area contributed by atoms with Gasteiger partial charge in [-0.2, -0.15) is 0 Å². The van der Waals surface area contributed by atoms with Crippen LogP contribution < -0.4 is 16.4 Å². The van der Waals surface area contributed by atoms with Gasteiger partial charge in [-0.1, -0.05) is 37.0 Å². The number of nitrogens with two attached hydrogens (primary N) is 2. The molecular formula is C23H31Cl2N5O2. The van der Waals surface area contributed by atoms with Crippen LogP contribution in [-0.2, 0) is 6.61 Å². The normalized spacial score (nSPS) is 19.8. The second-order valence-corrected chi connectivity index (χ2v) is 9.40. The molecular weight excluding hydrogens is 449 g/mol. The minimum Gasteiger partial charge on any atom is -0.390 e. The van der Waals surface area contributed by atoms with E-state index in [0.717, 1.165) is 32.4 Å². The topological polar surface area (TPSA) is 118 Å². The zero-order valence-corrected chi connectivity index (χ0v) is 19.0. The van der Waals surface area contributed by atoms with Crippen LogP contribution in [0.3, 0.4) is 0 Å². The molecule has 2 aromatic rings. The minimum absolute atomic E-state index is 0. The average Bonchev–Trinajstić information content (AvgIpc) is 3.10. The van der Waals surface area contributed by atoms with Gasteiger partial charge in [0.05, 0.1) is 28.0 Å². The Bertz CT molecular complexity index is 1020. The summed E-state index contributed by atoms with van der Waals surface area (Å²) in [7, 11) is 0. The number of amides is 1. The van der Waals surface area contributed by atoms with Crippen molar-refractivity contribution in [3.63, 3.8) is 0 Å². The monoisotopic (exact) mass is 479 g/mol. The highest BCUT2D eigenvalue weighted by atomic mass is 35.5. The molecule has 1 aromatic carbocycles. The van der Waals surface area contributed by atoms with E-state index in [1.807, 2.05) is 6.92 Å². The molecule has 2 fully saturated rings. The molecule has 4 rings (SSSR count). The number of carbonyl (C=O) groups is 1. The number of anilines is 1. The standard InChI is InChI=1S/C22H27Cl2N5O2.CH4/c1-12-19(14-9-13(20(26)31)10-15(23)18(14)24)28-16(11-30)21(27-12)29-7-5-22(6-8-29)4-2-3-17(22)25;/h9-10,17,30H,2-8,11,25H2,1H3,(H2,26,31);1H4/t17-;/m1./s1. The highest BCUT2D eigenvalue weighted by Gasteiger charge is 2.43. The summed E-state index contributed by atoms with van der Waals surface area (Å²) in [5, 5.41) is 10.5. The Labute approximate surface area is 199 Å². The maximum Gasteiger partial charge on any atom is 0.248 e. The molecule has 0 bridgehead atoms.